The second-order valence-electron chi connectivity index (χ2n) is 5.69. The molecule has 1 unspecified atom stereocenters. The normalized spacial score (nSPS) is 19.8. The van der Waals surface area contributed by atoms with Crippen LogP contribution in [0.4, 0.5) is 0 Å². The van der Waals surface area contributed by atoms with Gasteiger partial charge in [-0.05, 0) is 42.4 Å². The first-order chi connectivity index (χ1) is 9.11. The zero-order chi connectivity index (χ0) is 13.8. The van der Waals surface area contributed by atoms with E-state index in [1.54, 1.807) is 0 Å². The minimum Gasteiger partial charge on any atom is -0.338 e. The molecule has 0 bridgehead atoms. The van der Waals surface area contributed by atoms with E-state index in [0.29, 0.717) is 17.7 Å². The van der Waals surface area contributed by atoms with Crippen LogP contribution in [0.1, 0.15) is 48.5 Å². The Bertz CT molecular complexity index is 427. The van der Waals surface area contributed by atoms with E-state index in [9.17, 15) is 4.79 Å². The number of benzene rings is 1. The highest BCUT2D eigenvalue weighted by molar-refractivity contribution is 6.18. The fourth-order valence-electron chi connectivity index (χ4n) is 2.57. The van der Waals surface area contributed by atoms with Gasteiger partial charge >= 0.3 is 0 Å². The van der Waals surface area contributed by atoms with E-state index < -0.39 is 0 Å². The Morgan fingerprint density at radius 3 is 2.63 bits per heavy atom. The predicted octanol–water partition coefficient (Wildman–Crippen LogP) is 3.90. The van der Waals surface area contributed by atoms with Crippen LogP contribution in [0, 0.1) is 5.92 Å². The molecule has 3 heteroatoms. The van der Waals surface area contributed by atoms with Crippen LogP contribution < -0.4 is 0 Å². The van der Waals surface area contributed by atoms with E-state index in [-0.39, 0.29) is 5.91 Å². The van der Waals surface area contributed by atoms with Crippen LogP contribution in [0.2, 0.25) is 0 Å². The van der Waals surface area contributed by atoms with Crippen molar-refractivity contribution in [2.45, 2.75) is 32.6 Å². The van der Waals surface area contributed by atoms with Gasteiger partial charge in [-0.3, -0.25) is 4.79 Å². The SMILES string of the molecule is CC(C)c1ccc(C(=O)N2CCCC(CCl)C2)cc1. The molecule has 2 nitrogen and oxygen atoms in total. The van der Waals surface area contributed by atoms with Crippen LogP contribution in [-0.2, 0) is 0 Å². The number of hydrogen-bond donors (Lipinski definition) is 0. The fourth-order valence-corrected chi connectivity index (χ4v) is 2.82. The summed E-state index contributed by atoms with van der Waals surface area (Å²) in [4.78, 5) is 14.4. The maximum atomic E-state index is 12.4. The Morgan fingerprint density at radius 2 is 2.05 bits per heavy atom. The molecule has 104 valence electrons. The van der Waals surface area contributed by atoms with Crippen LogP contribution in [-0.4, -0.2) is 29.8 Å². The highest BCUT2D eigenvalue weighted by Crippen LogP contribution is 2.21. The molecule has 1 saturated heterocycles. The number of piperidine rings is 1. The molecule has 0 radical (unpaired) electrons. The van der Waals surface area contributed by atoms with Gasteiger partial charge in [0.1, 0.15) is 0 Å². The number of nitrogens with zero attached hydrogens (tertiary/aromatic N) is 1. The predicted molar refractivity (Wildman–Crippen MR) is 79.9 cm³/mol. The van der Waals surface area contributed by atoms with Gasteiger partial charge in [0.15, 0.2) is 0 Å². The lowest BCUT2D eigenvalue weighted by molar-refractivity contribution is 0.0685. The van der Waals surface area contributed by atoms with Gasteiger partial charge in [0.05, 0.1) is 0 Å². The highest BCUT2D eigenvalue weighted by Gasteiger charge is 2.23. The van der Waals surface area contributed by atoms with Gasteiger partial charge in [0.25, 0.3) is 5.91 Å². The summed E-state index contributed by atoms with van der Waals surface area (Å²) < 4.78 is 0. The Morgan fingerprint density at radius 1 is 1.37 bits per heavy atom. The molecule has 1 amide bonds. The van der Waals surface area contributed by atoms with Crippen molar-refractivity contribution in [3.05, 3.63) is 35.4 Å². The molecular formula is C16H22ClNO. The lowest BCUT2D eigenvalue weighted by Gasteiger charge is -2.32. The van der Waals surface area contributed by atoms with Crippen molar-refractivity contribution in [1.82, 2.24) is 4.90 Å². The average Bonchev–Trinajstić information content (AvgIpc) is 2.46. The number of carbonyl (C=O) groups excluding carboxylic acids is 1. The van der Waals surface area contributed by atoms with Crippen LogP contribution in [0.25, 0.3) is 0 Å². The molecule has 19 heavy (non-hydrogen) atoms. The number of amides is 1. The summed E-state index contributed by atoms with van der Waals surface area (Å²) in [5.74, 6) is 1.75. The van der Waals surface area contributed by atoms with Crippen molar-refractivity contribution < 1.29 is 4.79 Å². The van der Waals surface area contributed by atoms with Crippen molar-refractivity contribution in [3.8, 4) is 0 Å². The van der Waals surface area contributed by atoms with E-state index in [0.717, 1.165) is 31.5 Å². The summed E-state index contributed by atoms with van der Waals surface area (Å²) in [6.45, 7) is 5.98. The first kappa shape index (κ1) is 14.4. The van der Waals surface area contributed by atoms with Crippen LogP contribution in [0.5, 0.6) is 0 Å². The number of halogens is 1. The third kappa shape index (κ3) is 3.50. The molecule has 1 atom stereocenters. The number of alkyl halides is 1. The lowest BCUT2D eigenvalue weighted by atomic mass is 9.98. The Kier molecular flexibility index (Phi) is 4.87. The molecule has 0 spiro atoms. The second kappa shape index (κ2) is 6.42. The van der Waals surface area contributed by atoms with Crippen molar-refractivity contribution in [2.24, 2.45) is 5.92 Å². The minimum atomic E-state index is 0.144. The van der Waals surface area contributed by atoms with Gasteiger partial charge in [0, 0.05) is 24.5 Å². The molecule has 1 aromatic carbocycles. The molecule has 1 fully saturated rings. The fraction of sp³-hybridized carbons (Fsp3) is 0.562. The van der Waals surface area contributed by atoms with E-state index in [4.69, 9.17) is 11.6 Å². The molecule has 1 aromatic rings. The monoisotopic (exact) mass is 279 g/mol. The third-order valence-electron chi connectivity index (χ3n) is 3.85. The van der Waals surface area contributed by atoms with Gasteiger partial charge in [-0.1, -0.05) is 26.0 Å². The van der Waals surface area contributed by atoms with Crippen LogP contribution in [0.3, 0.4) is 0 Å². The zero-order valence-electron chi connectivity index (χ0n) is 11.7. The van der Waals surface area contributed by atoms with Crippen molar-refractivity contribution in [2.75, 3.05) is 19.0 Å². The Hall–Kier alpha value is -1.02. The number of carbonyl (C=O) groups is 1. The summed E-state index contributed by atoms with van der Waals surface area (Å²) in [5.41, 5.74) is 2.06. The topological polar surface area (TPSA) is 20.3 Å². The van der Waals surface area contributed by atoms with Gasteiger partial charge in [-0.25, -0.2) is 0 Å². The smallest absolute Gasteiger partial charge is 0.253 e. The first-order valence-electron chi connectivity index (χ1n) is 7.07. The number of hydrogen-bond acceptors (Lipinski definition) is 1. The standard InChI is InChI=1S/C16H22ClNO/c1-12(2)14-5-7-15(8-6-14)16(19)18-9-3-4-13(10-17)11-18/h5-8,12-13H,3-4,9-11H2,1-2H3. The lowest BCUT2D eigenvalue weighted by Crippen LogP contribution is -2.40. The van der Waals surface area contributed by atoms with Gasteiger partial charge in [0.2, 0.25) is 0 Å². The van der Waals surface area contributed by atoms with Crippen molar-refractivity contribution in [1.29, 1.82) is 0 Å². The summed E-state index contributed by atoms with van der Waals surface area (Å²) in [6, 6.07) is 8.01. The highest BCUT2D eigenvalue weighted by atomic mass is 35.5. The second-order valence-corrected chi connectivity index (χ2v) is 6.00. The Balaban J connectivity index is 2.06. The summed E-state index contributed by atoms with van der Waals surface area (Å²) in [6.07, 6.45) is 2.20. The molecule has 1 aliphatic rings. The maximum Gasteiger partial charge on any atom is 0.253 e. The van der Waals surface area contributed by atoms with Crippen molar-refractivity contribution >= 4 is 17.5 Å². The number of rotatable bonds is 3. The van der Waals surface area contributed by atoms with Gasteiger partial charge in [-0.2, -0.15) is 0 Å². The molecule has 0 aliphatic carbocycles. The maximum absolute atomic E-state index is 12.4. The van der Waals surface area contributed by atoms with Crippen LogP contribution in [0.15, 0.2) is 24.3 Å². The van der Waals surface area contributed by atoms with E-state index in [1.807, 2.05) is 17.0 Å². The van der Waals surface area contributed by atoms with Gasteiger partial charge in [-0.15, -0.1) is 11.6 Å². The molecule has 2 rings (SSSR count). The molecule has 0 aromatic heterocycles. The van der Waals surface area contributed by atoms with E-state index in [2.05, 4.69) is 26.0 Å². The van der Waals surface area contributed by atoms with Gasteiger partial charge < -0.3 is 4.90 Å². The largest absolute Gasteiger partial charge is 0.338 e. The molecular weight excluding hydrogens is 258 g/mol. The van der Waals surface area contributed by atoms with E-state index >= 15 is 0 Å². The summed E-state index contributed by atoms with van der Waals surface area (Å²) in [5, 5.41) is 0. The summed E-state index contributed by atoms with van der Waals surface area (Å²) >= 11 is 5.91. The average molecular weight is 280 g/mol. The molecule has 0 N–H and O–H groups in total. The quantitative estimate of drug-likeness (QED) is 0.769. The Labute approximate surface area is 120 Å². The zero-order valence-corrected chi connectivity index (χ0v) is 12.5. The molecule has 0 saturated carbocycles. The van der Waals surface area contributed by atoms with Crippen molar-refractivity contribution in [3.63, 3.8) is 0 Å². The van der Waals surface area contributed by atoms with E-state index in [1.165, 1.54) is 5.56 Å². The van der Waals surface area contributed by atoms with Crippen LogP contribution >= 0.6 is 11.6 Å². The molecule has 1 aliphatic heterocycles. The summed E-state index contributed by atoms with van der Waals surface area (Å²) in [7, 11) is 0. The number of likely N-dealkylation sites (tertiary alicyclic amines) is 1. The third-order valence-corrected chi connectivity index (χ3v) is 4.29. The minimum absolute atomic E-state index is 0.144. The first-order valence-corrected chi connectivity index (χ1v) is 7.60. The molecule has 1 heterocycles.